The summed E-state index contributed by atoms with van der Waals surface area (Å²) in [7, 11) is -12.6. The van der Waals surface area contributed by atoms with Crippen LogP contribution in [0.25, 0.3) is 0 Å². The van der Waals surface area contributed by atoms with Crippen molar-refractivity contribution in [3.8, 4) is 0 Å². The summed E-state index contributed by atoms with van der Waals surface area (Å²) in [6, 6.07) is 0. The van der Waals surface area contributed by atoms with E-state index in [2.05, 4.69) is 0 Å². The third-order valence-corrected chi connectivity index (χ3v) is 19.0. The number of rotatable bonds is 12. The molecular formula is C14H28F6NO5PS2. The molecule has 0 aliphatic rings. The fraction of sp³-hybridized carbons (Fsp3) is 1.00. The maximum absolute atomic E-state index is 13.5. The number of ether oxygens (including phenoxy) is 1. The van der Waals surface area contributed by atoms with Crippen molar-refractivity contribution in [3.05, 3.63) is 0 Å². The summed E-state index contributed by atoms with van der Waals surface area (Å²) in [5.41, 5.74) is -12.5. The molecule has 6 nitrogen and oxygen atoms in total. The number of hydrogen-bond donors (Lipinski definition) is 0. The van der Waals surface area contributed by atoms with E-state index in [1.54, 1.807) is 0 Å². The molecule has 0 atom stereocenters. The predicted molar refractivity (Wildman–Crippen MR) is 101 cm³/mol. The van der Waals surface area contributed by atoms with E-state index in [0.717, 1.165) is 7.11 Å². The van der Waals surface area contributed by atoms with Crippen molar-refractivity contribution in [3.63, 3.8) is 0 Å². The molecule has 0 rings (SSSR count). The minimum absolute atomic E-state index is 0.00120. The first-order valence-corrected chi connectivity index (χ1v) is 14.7. The topological polar surface area (TPSA) is 80.8 Å². The number of sulfonamides is 2. The van der Waals surface area contributed by atoms with Crippen LogP contribution in [0.5, 0.6) is 0 Å². The summed E-state index contributed by atoms with van der Waals surface area (Å²) >= 11 is 0. The van der Waals surface area contributed by atoms with Gasteiger partial charge in [0.2, 0.25) is 0 Å². The van der Waals surface area contributed by atoms with Gasteiger partial charge in [-0.05, 0) is 0 Å². The number of alkyl halides is 6. The van der Waals surface area contributed by atoms with Crippen molar-refractivity contribution in [2.24, 2.45) is 0 Å². The summed E-state index contributed by atoms with van der Waals surface area (Å²) in [5.74, 6) is 0. The molecule has 0 N–H and O–H groups in total. The zero-order valence-electron chi connectivity index (χ0n) is 16.7. The Hall–Kier alpha value is -0.170. The van der Waals surface area contributed by atoms with E-state index in [0.29, 0.717) is 0 Å². The van der Waals surface area contributed by atoms with Gasteiger partial charge >= 0.3 is 168 Å². The molecule has 0 aliphatic heterocycles. The van der Waals surface area contributed by atoms with Gasteiger partial charge in [-0.3, -0.25) is 0 Å². The molecule has 0 spiro atoms. The van der Waals surface area contributed by atoms with Crippen LogP contribution in [0.1, 0.15) is 40.0 Å². The fourth-order valence-electron chi connectivity index (χ4n) is 3.96. The molecule has 0 aromatic rings. The summed E-state index contributed by atoms with van der Waals surface area (Å²) < 4.78 is 134. The Balaban J connectivity index is 7.67. The van der Waals surface area contributed by atoms with Gasteiger partial charge in [-0.25, -0.2) is 0 Å². The minimum atomic E-state index is -6.86. The molecule has 15 heteroatoms. The molecule has 0 aromatic heterocycles. The van der Waals surface area contributed by atoms with Gasteiger partial charge in [0.05, 0.1) is 0 Å². The molecule has 0 aromatic carbocycles. The van der Waals surface area contributed by atoms with E-state index in [1.165, 1.54) is 20.8 Å². The molecule has 0 bridgehead atoms. The standard InChI is InChI=1S/C14H28F6NO5PS2/c1-5-9-27(10-6-2,11-7-3,12-8-26-4)21(28(22,23)13(15,16)17)29(24,25)14(18,19)20/h5-12H2,1-4H3. The molecule has 0 radical (unpaired) electrons. The van der Waals surface area contributed by atoms with E-state index < -0.39 is 65.9 Å². The van der Waals surface area contributed by atoms with Crippen molar-refractivity contribution in [1.82, 2.24) is 3.48 Å². The Bertz CT molecular complexity index is 688. The van der Waals surface area contributed by atoms with Crippen molar-refractivity contribution in [2.45, 2.75) is 51.1 Å². The Morgan fingerprint density at radius 2 is 1.03 bits per heavy atom. The first-order chi connectivity index (χ1) is 12.9. The van der Waals surface area contributed by atoms with E-state index in [1.807, 2.05) is 0 Å². The van der Waals surface area contributed by atoms with Crippen LogP contribution in [0, 0.1) is 0 Å². The quantitative estimate of drug-likeness (QED) is 0.295. The molecule has 0 unspecified atom stereocenters. The van der Waals surface area contributed by atoms with Gasteiger partial charge in [0.25, 0.3) is 0 Å². The molecule has 0 fully saturated rings. The Kier molecular flexibility index (Phi) is 9.48. The maximum atomic E-state index is 13.5. The Morgan fingerprint density at radius 1 is 0.724 bits per heavy atom. The van der Waals surface area contributed by atoms with Crippen molar-refractivity contribution in [1.29, 1.82) is 0 Å². The first-order valence-electron chi connectivity index (χ1n) is 8.86. The van der Waals surface area contributed by atoms with Gasteiger partial charge in [0.15, 0.2) is 0 Å². The number of nitrogens with zero attached hydrogens (tertiary/aromatic N) is 1. The number of methoxy groups -OCH3 is 1. The van der Waals surface area contributed by atoms with Gasteiger partial charge in [-0.15, -0.1) is 0 Å². The van der Waals surface area contributed by atoms with E-state index in [-0.39, 0.29) is 25.9 Å². The second-order valence-corrected chi connectivity index (χ2v) is 17.2. The Morgan fingerprint density at radius 3 is 1.24 bits per heavy atom. The number of hydrogen-bond acceptors (Lipinski definition) is 5. The fourth-order valence-corrected chi connectivity index (χ4v) is 19.3. The van der Waals surface area contributed by atoms with Crippen molar-refractivity contribution >= 4 is 26.8 Å². The van der Waals surface area contributed by atoms with Gasteiger partial charge in [0.1, 0.15) is 0 Å². The Labute approximate surface area is 168 Å². The van der Waals surface area contributed by atoms with E-state index in [4.69, 9.17) is 4.74 Å². The normalized spacial score (nSPS) is 16.0. The van der Waals surface area contributed by atoms with Crippen LogP contribution in [-0.2, 0) is 24.8 Å². The monoisotopic (exact) mass is 499 g/mol. The van der Waals surface area contributed by atoms with Crippen LogP contribution in [0.4, 0.5) is 26.3 Å². The molecule has 0 saturated heterocycles. The molecular weight excluding hydrogens is 471 g/mol. The van der Waals surface area contributed by atoms with Crippen LogP contribution in [-0.4, -0.2) is 69.7 Å². The predicted octanol–water partition coefficient (Wildman–Crippen LogP) is 4.33. The van der Waals surface area contributed by atoms with Gasteiger partial charge in [-0.1, -0.05) is 0 Å². The molecule has 0 heterocycles. The summed E-state index contributed by atoms with van der Waals surface area (Å²) in [6.45, 7) is -0.918. The molecule has 0 aliphatic carbocycles. The first kappa shape index (κ1) is 28.8. The molecule has 178 valence electrons. The summed E-state index contributed by atoms with van der Waals surface area (Å²) in [4.78, 5) is 0. The van der Waals surface area contributed by atoms with E-state index in [9.17, 15) is 43.2 Å². The van der Waals surface area contributed by atoms with Crippen molar-refractivity contribution < 1.29 is 47.9 Å². The van der Waals surface area contributed by atoms with Gasteiger partial charge in [0, 0.05) is 0 Å². The summed E-state index contributed by atoms with van der Waals surface area (Å²) in [5, 5.41) is 0. The van der Waals surface area contributed by atoms with Crippen LogP contribution >= 0.6 is 6.75 Å². The molecule has 29 heavy (non-hydrogen) atoms. The van der Waals surface area contributed by atoms with Gasteiger partial charge in [-0.2, -0.15) is 0 Å². The zero-order valence-corrected chi connectivity index (χ0v) is 19.2. The van der Waals surface area contributed by atoms with Crippen LogP contribution < -0.4 is 0 Å². The SMILES string of the molecule is CCCP(CCC)(CCC)(CCOC)N(S(=O)(=O)C(F)(F)F)S(=O)(=O)C(F)(F)F. The molecule has 0 saturated carbocycles. The average molecular weight is 499 g/mol. The van der Waals surface area contributed by atoms with E-state index >= 15 is 0 Å². The summed E-state index contributed by atoms with van der Waals surface area (Å²) in [6.07, 6.45) is -1.73. The second-order valence-electron chi connectivity index (χ2n) is 6.87. The van der Waals surface area contributed by atoms with Crippen LogP contribution in [0.15, 0.2) is 0 Å². The average Bonchev–Trinajstić information content (AvgIpc) is 2.51. The third-order valence-electron chi connectivity index (χ3n) is 4.72. The second kappa shape index (κ2) is 9.54. The van der Waals surface area contributed by atoms with Gasteiger partial charge < -0.3 is 0 Å². The zero-order chi connectivity index (χ0) is 23.4. The molecule has 0 amide bonds. The van der Waals surface area contributed by atoms with Crippen LogP contribution in [0.2, 0.25) is 0 Å². The van der Waals surface area contributed by atoms with Crippen molar-refractivity contribution in [2.75, 3.05) is 38.4 Å². The number of halogens is 6. The third kappa shape index (κ3) is 5.36. The van der Waals surface area contributed by atoms with Crippen LogP contribution in [0.3, 0.4) is 0 Å².